The Bertz CT molecular complexity index is 599. The van der Waals surface area contributed by atoms with E-state index < -0.39 is 0 Å². The van der Waals surface area contributed by atoms with Crippen molar-refractivity contribution in [3.8, 4) is 0 Å². The zero-order valence-electron chi connectivity index (χ0n) is 11.3. The van der Waals surface area contributed by atoms with Crippen molar-refractivity contribution in [2.75, 3.05) is 17.2 Å². The molecule has 0 spiro atoms. The number of amides is 1. The van der Waals surface area contributed by atoms with Crippen LogP contribution in [0.1, 0.15) is 12.0 Å². The molecule has 20 heavy (non-hydrogen) atoms. The monoisotopic (exact) mass is 272 g/mol. The van der Waals surface area contributed by atoms with E-state index in [2.05, 4.69) is 10.6 Å². The molecule has 0 heterocycles. The van der Waals surface area contributed by atoms with Crippen LogP contribution in [0.25, 0.3) is 0 Å². The molecule has 104 valence electrons. The third-order valence-corrected chi connectivity index (χ3v) is 2.81. The van der Waals surface area contributed by atoms with Gasteiger partial charge in [0.15, 0.2) is 0 Å². The maximum absolute atomic E-state index is 13.0. The van der Waals surface area contributed by atoms with Crippen molar-refractivity contribution in [2.45, 2.75) is 13.3 Å². The second kappa shape index (κ2) is 6.70. The Balaban J connectivity index is 1.78. The van der Waals surface area contributed by atoms with Crippen molar-refractivity contribution in [1.29, 1.82) is 0 Å². The summed E-state index contributed by atoms with van der Waals surface area (Å²) in [6.07, 6.45) is 0.324. The summed E-state index contributed by atoms with van der Waals surface area (Å²) in [5.74, 6) is -0.362. The second-order valence-corrected chi connectivity index (χ2v) is 4.60. The molecule has 0 aliphatic heterocycles. The number of aryl methyl sites for hydroxylation is 1. The molecule has 0 aliphatic rings. The summed E-state index contributed by atoms with van der Waals surface area (Å²) in [6.45, 7) is 2.43. The SMILES string of the molecule is Cc1cccc(NC(=O)CCNc2cccc(F)c2)c1. The summed E-state index contributed by atoms with van der Waals surface area (Å²) < 4.78 is 13.0. The Morgan fingerprint density at radius 2 is 1.85 bits per heavy atom. The van der Waals surface area contributed by atoms with Crippen LogP contribution in [0.2, 0.25) is 0 Å². The number of rotatable bonds is 5. The standard InChI is InChI=1S/C16H17FN2O/c1-12-4-2-7-15(10-12)19-16(20)8-9-18-14-6-3-5-13(17)11-14/h2-7,10-11,18H,8-9H2,1H3,(H,19,20). The molecule has 2 rings (SSSR count). The van der Waals surface area contributed by atoms with Gasteiger partial charge in [-0.05, 0) is 42.8 Å². The lowest BCUT2D eigenvalue weighted by molar-refractivity contribution is -0.115. The first kappa shape index (κ1) is 14.1. The molecule has 1 amide bonds. The Morgan fingerprint density at radius 3 is 2.60 bits per heavy atom. The van der Waals surface area contributed by atoms with E-state index in [4.69, 9.17) is 0 Å². The van der Waals surface area contributed by atoms with Crippen LogP contribution in [-0.4, -0.2) is 12.5 Å². The summed E-state index contributed by atoms with van der Waals surface area (Å²) in [7, 11) is 0. The van der Waals surface area contributed by atoms with Crippen LogP contribution in [0.4, 0.5) is 15.8 Å². The van der Waals surface area contributed by atoms with Crippen LogP contribution >= 0.6 is 0 Å². The Kier molecular flexibility index (Phi) is 4.71. The predicted octanol–water partition coefficient (Wildman–Crippen LogP) is 3.57. The summed E-state index contributed by atoms with van der Waals surface area (Å²) in [6, 6.07) is 13.8. The highest BCUT2D eigenvalue weighted by Gasteiger charge is 2.02. The molecule has 0 bridgehead atoms. The van der Waals surface area contributed by atoms with E-state index in [-0.39, 0.29) is 11.7 Å². The third kappa shape index (κ3) is 4.39. The number of carbonyl (C=O) groups excluding carboxylic acids is 1. The van der Waals surface area contributed by atoms with Crippen molar-refractivity contribution in [3.05, 3.63) is 59.9 Å². The maximum Gasteiger partial charge on any atom is 0.226 e. The average Bonchev–Trinajstić information content (AvgIpc) is 2.38. The van der Waals surface area contributed by atoms with Crippen LogP contribution < -0.4 is 10.6 Å². The van der Waals surface area contributed by atoms with Gasteiger partial charge in [-0.15, -0.1) is 0 Å². The molecular formula is C16H17FN2O. The molecule has 2 aromatic carbocycles. The van der Waals surface area contributed by atoms with Gasteiger partial charge in [-0.3, -0.25) is 4.79 Å². The molecule has 0 aromatic heterocycles. The lowest BCUT2D eigenvalue weighted by Crippen LogP contribution is -2.16. The number of benzene rings is 2. The average molecular weight is 272 g/mol. The number of nitrogens with one attached hydrogen (secondary N) is 2. The lowest BCUT2D eigenvalue weighted by atomic mass is 10.2. The molecule has 2 N–H and O–H groups in total. The van der Waals surface area contributed by atoms with Gasteiger partial charge < -0.3 is 10.6 Å². The minimum Gasteiger partial charge on any atom is -0.384 e. The van der Waals surface area contributed by atoms with E-state index in [9.17, 15) is 9.18 Å². The first-order valence-corrected chi connectivity index (χ1v) is 6.49. The highest BCUT2D eigenvalue weighted by atomic mass is 19.1. The van der Waals surface area contributed by atoms with Gasteiger partial charge in [0.2, 0.25) is 5.91 Å². The maximum atomic E-state index is 13.0. The van der Waals surface area contributed by atoms with Gasteiger partial charge in [-0.25, -0.2) is 4.39 Å². The normalized spacial score (nSPS) is 10.1. The topological polar surface area (TPSA) is 41.1 Å². The molecule has 0 saturated carbocycles. The van der Waals surface area contributed by atoms with E-state index in [1.165, 1.54) is 12.1 Å². The van der Waals surface area contributed by atoms with E-state index in [1.807, 2.05) is 31.2 Å². The minimum absolute atomic E-state index is 0.0699. The third-order valence-electron chi connectivity index (χ3n) is 2.81. The number of halogens is 1. The molecule has 0 fully saturated rings. The Morgan fingerprint density at radius 1 is 1.10 bits per heavy atom. The van der Waals surface area contributed by atoms with E-state index in [0.29, 0.717) is 18.7 Å². The van der Waals surface area contributed by atoms with E-state index in [1.54, 1.807) is 12.1 Å². The summed E-state index contributed by atoms with van der Waals surface area (Å²) in [5.41, 5.74) is 2.56. The number of anilines is 2. The predicted molar refractivity (Wildman–Crippen MR) is 79.3 cm³/mol. The van der Waals surface area contributed by atoms with Crippen LogP contribution in [-0.2, 0) is 4.79 Å². The number of carbonyl (C=O) groups is 1. The molecule has 3 nitrogen and oxygen atoms in total. The fraction of sp³-hybridized carbons (Fsp3) is 0.188. The van der Waals surface area contributed by atoms with Crippen molar-refractivity contribution in [2.24, 2.45) is 0 Å². The van der Waals surface area contributed by atoms with E-state index >= 15 is 0 Å². The fourth-order valence-corrected chi connectivity index (χ4v) is 1.87. The van der Waals surface area contributed by atoms with Gasteiger partial charge in [-0.1, -0.05) is 18.2 Å². The van der Waals surface area contributed by atoms with Gasteiger partial charge in [0.1, 0.15) is 5.82 Å². The largest absolute Gasteiger partial charge is 0.384 e. The van der Waals surface area contributed by atoms with Crippen LogP contribution in [0.3, 0.4) is 0 Å². The van der Waals surface area contributed by atoms with Crippen molar-refractivity contribution >= 4 is 17.3 Å². The summed E-state index contributed by atoms with van der Waals surface area (Å²) in [4.78, 5) is 11.8. The van der Waals surface area contributed by atoms with Gasteiger partial charge in [0, 0.05) is 24.3 Å². The first-order chi connectivity index (χ1) is 9.63. The van der Waals surface area contributed by atoms with Gasteiger partial charge in [0.05, 0.1) is 0 Å². The Labute approximate surface area is 117 Å². The fourth-order valence-electron chi connectivity index (χ4n) is 1.87. The van der Waals surface area contributed by atoms with Crippen molar-refractivity contribution < 1.29 is 9.18 Å². The van der Waals surface area contributed by atoms with Crippen LogP contribution in [0.5, 0.6) is 0 Å². The Hall–Kier alpha value is -2.36. The molecule has 0 radical (unpaired) electrons. The van der Waals surface area contributed by atoms with Crippen LogP contribution in [0.15, 0.2) is 48.5 Å². The van der Waals surface area contributed by atoms with E-state index in [0.717, 1.165) is 11.3 Å². The summed E-state index contributed by atoms with van der Waals surface area (Å²) in [5, 5.41) is 5.84. The molecule has 0 aliphatic carbocycles. The highest BCUT2D eigenvalue weighted by molar-refractivity contribution is 5.91. The quantitative estimate of drug-likeness (QED) is 0.873. The molecule has 2 aromatic rings. The molecule has 4 heteroatoms. The molecular weight excluding hydrogens is 255 g/mol. The zero-order chi connectivity index (χ0) is 14.4. The zero-order valence-corrected chi connectivity index (χ0v) is 11.3. The molecule has 0 unspecified atom stereocenters. The van der Waals surface area contributed by atoms with Gasteiger partial charge in [0.25, 0.3) is 0 Å². The lowest BCUT2D eigenvalue weighted by Gasteiger charge is -2.08. The smallest absolute Gasteiger partial charge is 0.226 e. The second-order valence-electron chi connectivity index (χ2n) is 4.60. The van der Waals surface area contributed by atoms with Crippen molar-refractivity contribution in [3.63, 3.8) is 0 Å². The highest BCUT2D eigenvalue weighted by Crippen LogP contribution is 2.11. The van der Waals surface area contributed by atoms with Crippen molar-refractivity contribution in [1.82, 2.24) is 0 Å². The van der Waals surface area contributed by atoms with Gasteiger partial charge >= 0.3 is 0 Å². The molecule has 0 saturated heterocycles. The number of hydrogen-bond acceptors (Lipinski definition) is 2. The molecule has 0 atom stereocenters. The first-order valence-electron chi connectivity index (χ1n) is 6.49. The minimum atomic E-state index is -0.292. The van der Waals surface area contributed by atoms with Gasteiger partial charge in [-0.2, -0.15) is 0 Å². The van der Waals surface area contributed by atoms with Crippen LogP contribution in [0, 0.1) is 12.7 Å². The number of hydrogen-bond donors (Lipinski definition) is 2. The summed E-state index contributed by atoms with van der Waals surface area (Å²) >= 11 is 0.